The normalized spacial score (nSPS) is 19.1. The molecule has 0 radical (unpaired) electrons. The van der Waals surface area contributed by atoms with Gasteiger partial charge in [-0.1, -0.05) is 60.8 Å². The number of fused-ring (bicyclic) bond motifs is 1. The fraction of sp³-hybridized carbons (Fsp3) is 0.300. The predicted molar refractivity (Wildman–Crippen MR) is 98.2 cm³/mol. The molecule has 0 saturated carbocycles. The van der Waals surface area contributed by atoms with Crippen LogP contribution < -0.4 is 0 Å². The van der Waals surface area contributed by atoms with Crippen molar-refractivity contribution in [2.45, 2.75) is 32.5 Å². The largest absolute Gasteiger partial charge is 0.397 e. The topological polar surface area (TPSA) is 20.2 Å². The zero-order chi connectivity index (χ0) is 15.7. The average molecular weight is 308 g/mol. The highest BCUT2D eigenvalue weighted by Gasteiger charge is 2.31. The summed E-state index contributed by atoms with van der Waals surface area (Å²) in [6, 6.07) is 9.57. The summed E-state index contributed by atoms with van der Waals surface area (Å²) in [5.74, 6) is 0. The van der Waals surface area contributed by atoms with Gasteiger partial charge in [-0.15, -0.1) is 0 Å². The first kappa shape index (κ1) is 15.3. The Morgan fingerprint density at radius 3 is 2.73 bits per heavy atom. The molecule has 1 nitrogen and oxygen atoms in total. The lowest BCUT2D eigenvalue weighted by Gasteiger charge is -2.25. The Hall–Kier alpha value is -1.64. The molecule has 0 heterocycles. The van der Waals surface area contributed by atoms with Crippen molar-refractivity contribution in [1.82, 2.24) is 0 Å². The summed E-state index contributed by atoms with van der Waals surface area (Å²) in [4.78, 5) is 0. The summed E-state index contributed by atoms with van der Waals surface area (Å²) in [5.41, 5.74) is 6.91. The molecular formula is C20H24OSi. The van der Waals surface area contributed by atoms with Crippen molar-refractivity contribution in [2.75, 3.05) is 6.61 Å². The van der Waals surface area contributed by atoms with Gasteiger partial charge in [-0.2, -0.15) is 0 Å². The van der Waals surface area contributed by atoms with E-state index in [1.54, 1.807) is 0 Å². The second kappa shape index (κ2) is 5.86. The minimum Gasteiger partial charge on any atom is -0.397 e. The van der Waals surface area contributed by atoms with E-state index in [0.29, 0.717) is 6.61 Å². The van der Waals surface area contributed by atoms with E-state index in [1.807, 2.05) is 0 Å². The molecule has 1 aromatic carbocycles. The van der Waals surface area contributed by atoms with Gasteiger partial charge in [0.1, 0.15) is 0 Å². The summed E-state index contributed by atoms with van der Waals surface area (Å²) < 4.78 is 0. The van der Waals surface area contributed by atoms with Gasteiger partial charge in [-0.05, 0) is 53.3 Å². The van der Waals surface area contributed by atoms with Crippen molar-refractivity contribution in [3.05, 3.63) is 70.0 Å². The lowest BCUT2D eigenvalue weighted by atomic mass is 9.96. The highest BCUT2D eigenvalue weighted by atomic mass is 28.3. The molecule has 1 N–H and O–H groups in total. The minimum absolute atomic E-state index is 0.291. The number of aliphatic hydroxyl groups is 1. The Morgan fingerprint density at radius 2 is 2.00 bits per heavy atom. The Bertz CT molecular complexity index is 717. The Balaban J connectivity index is 2.08. The lowest BCUT2D eigenvalue weighted by Crippen LogP contribution is -2.30. The minimum atomic E-state index is -1.57. The van der Waals surface area contributed by atoms with E-state index >= 15 is 0 Å². The van der Waals surface area contributed by atoms with Crippen molar-refractivity contribution < 1.29 is 5.11 Å². The standard InChI is InChI=1S/C20H24OSi/c1-4-16-17-9-6-5-8-15(17)14-19(16)18-10-7-11-20(18)22(2,3)13-12-21/h4-9,11,14,21H,10,12-13H2,1-3H3. The van der Waals surface area contributed by atoms with Gasteiger partial charge in [0.2, 0.25) is 0 Å². The molecule has 0 saturated heterocycles. The summed E-state index contributed by atoms with van der Waals surface area (Å²) >= 11 is 0. The van der Waals surface area contributed by atoms with Crippen LogP contribution in [0.1, 0.15) is 24.5 Å². The van der Waals surface area contributed by atoms with E-state index in [1.165, 1.54) is 33.0 Å². The molecule has 0 atom stereocenters. The molecule has 114 valence electrons. The van der Waals surface area contributed by atoms with Crippen molar-refractivity contribution in [3.63, 3.8) is 0 Å². The molecule has 0 unspecified atom stereocenters. The van der Waals surface area contributed by atoms with Crippen LogP contribution in [0.25, 0.3) is 11.6 Å². The molecule has 2 heteroatoms. The zero-order valence-corrected chi connectivity index (χ0v) is 14.7. The molecule has 0 fully saturated rings. The number of rotatable bonds is 4. The van der Waals surface area contributed by atoms with Gasteiger partial charge in [-0.3, -0.25) is 0 Å². The molecular weight excluding hydrogens is 284 g/mol. The van der Waals surface area contributed by atoms with Crippen molar-refractivity contribution in [2.24, 2.45) is 0 Å². The Morgan fingerprint density at radius 1 is 1.23 bits per heavy atom. The van der Waals surface area contributed by atoms with Gasteiger partial charge in [0.15, 0.2) is 0 Å². The number of benzene rings is 1. The van der Waals surface area contributed by atoms with E-state index < -0.39 is 8.07 Å². The second-order valence-electron chi connectivity index (χ2n) is 6.70. The molecule has 0 amide bonds. The second-order valence-corrected chi connectivity index (χ2v) is 11.5. The first-order valence-electron chi connectivity index (χ1n) is 8.07. The molecule has 0 spiro atoms. The van der Waals surface area contributed by atoms with Gasteiger partial charge >= 0.3 is 0 Å². The highest BCUT2D eigenvalue weighted by Crippen LogP contribution is 2.44. The Labute approximate surface area is 134 Å². The maximum Gasteiger partial charge on any atom is 0.0832 e. The molecule has 0 aromatic heterocycles. The molecule has 0 bridgehead atoms. The van der Waals surface area contributed by atoms with Crippen LogP contribution in [-0.2, 0) is 0 Å². The van der Waals surface area contributed by atoms with Crippen LogP contribution in [0.3, 0.4) is 0 Å². The van der Waals surface area contributed by atoms with Crippen LogP contribution in [-0.4, -0.2) is 19.8 Å². The van der Waals surface area contributed by atoms with E-state index in [-0.39, 0.29) is 0 Å². The molecule has 2 aliphatic carbocycles. The highest BCUT2D eigenvalue weighted by molar-refractivity contribution is 6.85. The maximum absolute atomic E-state index is 9.42. The third-order valence-corrected chi connectivity index (χ3v) is 8.25. The third-order valence-electron chi connectivity index (χ3n) is 4.85. The van der Waals surface area contributed by atoms with Gasteiger partial charge in [-0.25, -0.2) is 0 Å². The summed E-state index contributed by atoms with van der Waals surface area (Å²) in [7, 11) is -1.57. The summed E-state index contributed by atoms with van der Waals surface area (Å²) in [5, 5.41) is 10.9. The van der Waals surface area contributed by atoms with Gasteiger partial charge < -0.3 is 5.11 Å². The SMILES string of the molecule is CC=C1C(C2=C([Si](C)(C)CCO)C=CC2)=Cc2ccccc21. The van der Waals surface area contributed by atoms with Crippen LogP contribution >= 0.6 is 0 Å². The van der Waals surface area contributed by atoms with E-state index in [0.717, 1.165) is 12.5 Å². The molecule has 1 aromatic rings. The van der Waals surface area contributed by atoms with Crippen molar-refractivity contribution >= 4 is 19.7 Å². The number of hydrogen-bond donors (Lipinski definition) is 1. The van der Waals surface area contributed by atoms with Crippen LogP contribution in [0, 0.1) is 0 Å². The van der Waals surface area contributed by atoms with Crippen LogP contribution in [0.15, 0.2) is 58.8 Å². The van der Waals surface area contributed by atoms with Crippen molar-refractivity contribution in [3.8, 4) is 0 Å². The summed E-state index contributed by atoms with van der Waals surface area (Å²) in [6.45, 7) is 7.15. The number of aliphatic hydroxyl groups excluding tert-OH is 1. The molecule has 0 aliphatic heterocycles. The van der Waals surface area contributed by atoms with Gasteiger partial charge in [0.05, 0.1) is 8.07 Å². The predicted octanol–water partition coefficient (Wildman–Crippen LogP) is 4.98. The quantitative estimate of drug-likeness (QED) is 0.777. The first-order valence-corrected chi connectivity index (χ1v) is 11.3. The average Bonchev–Trinajstić information content (AvgIpc) is 3.11. The van der Waals surface area contributed by atoms with Crippen LogP contribution in [0.4, 0.5) is 0 Å². The fourth-order valence-corrected chi connectivity index (χ4v) is 6.07. The monoisotopic (exact) mass is 308 g/mol. The Kier molecular flexibility index (Phi) is 4.07. The zero-order valence-electron chi connectivity index (χ0n) is 13.7. The number of allylic oxidation sites excluding steroid dienone is 7. The van der Waals surface area contributed by atoms with Crippen LogP contribution in [0.2, 0.25) is 19.1 Å². The first-order chi connectivity index (χ1) is 10.6. The molecule has 22 heavy (non-hydrogen) atoms. The number of hydrogen-bond acceptors (Lipinski definition) is 1. The third kappa shape index (κ3) is 2.47. The van der Waals surface area contributed by atoms with Gasteiger partial charge in [0, 0.05) is 6.61 Å². The fourth-order valence-electron chi connectivity index (χ4n) is 3.62. The summed E-state index contributed by atoms with van der Waals surface area (Å²) in [6.07, 6.45) is 10.2. The lowest BCUT2D eigenvalue weighted by molar-refractivity contribution is 0.316. The molecule has 2 aliphatic rings. The smallest absolute Gasteiger partial charge is 0.0832 e. The van der Waals surface area contributed by atoms with E-state index in [4.69, 9.17) is 0 Å². The van der Waals surface area contributed by atoms with Gasteiger partial charge in [0.25, 0.3) is 0 Å². The van der Waals surface area contributed by atoms with E-state index in [9.17, 15) is 5.11 Å². The van der Waals surface area contributed by atoms with E-state index in [2.05, 4.69) is 68.6 Å². The van der Waals surface area contributed by atoms with Crippen LogP contribution in [0.5, 0.6) is 0 Å². The van der Waals surface area contributed by atoms with Crippen molar-refractivity contribution in [1.29, 1.82) is 0 Å². The maximum atomic E-state index is 9.42. The molecule has 3 rings (SSSR count).